The number of halogens is 1. The van der Waals surface area contributed by atoms with Gasteiger partial charge in [-0.1, -0.05) is 30.2 Å². The fourth-order valence-corrected chi connectivity index (χ4v) is 3.95. The van der Waals surface area contributed by atoms with Gasteiger partial charge in [0.2, 0.25) is 0 Å². The molecule has 0 saturated heterocycles. The Balaban J connectivity index is 1.89. The van der Waals surface area contributed by atoms with Crippen molar-refractivity contribution in [2.24, 2.45) is 5.92 Å². The summed E-state index contributed by atoms with van der Waals surface area (Å²) in [6, 6.07) is 6.13. The first kappa shape index (κ1) is 13.3. The first-order valence-corrected chi connectivity index (χ1v) is 7.60. The smallest absolute Gasteiger partial charge is 0.142 e. The molecule has 0 bridgehead atoms. The third-order valence-electron chi connectivity index (χ3n) is 4.58. The van der Waals surface area contributed by atoms with Gasteiger partial charge in [-0.25, -0.2) is 0 Å². The third kappa shape index (κ3) is 2.36. The van der Waals surface area contributed by atoms with Crippen molar-refractivity contribution in [2.45, 2.75) is 37.7 Å². The van der Waals surface area contributed by atoms with E-state index in [0.29, 0.717) is 5.92 Å². The maximum Gasteiger partial charge on any atom is 0.142 e. The van der Waals surface area contributed by atoms with Gasteiger partial charge in [-0.3, -0.25) is 0 Å². The molecular weight excluding hydrogens is 258 g/mol. The van der Waals surface area contributed by atoms with E-state index in [2.05, 4.69) is 25.1 Å². The topological polar surface area (TPSA) is 12.5 Å². The zero-order valence-electron chi connectivity index (χ0n) is 11.8. The molecule has 19 heavy (non-hydrogen) atoms. The Hall–Kier alpha value is -0.730. The fourth-order valence-electron chi connectivity index (χ4n) is 3.72. The number of benzene rings is 1. The molecule has 1 spiro atoms. The lowest BCUT2D eigenvalue weighted by molar-refractivity contribution is -0.0149. The van der Waals surface area contributed by atoms with E-state index in [9.17, 15) is 0 Å². The monoisotopic (exact) mass is 279 g/mol. The molecule has 1 aromatic carbocycles. The van der Waals surface area contributed by atoms with Crippen molar-refractivity contribution in [3.05, 3.63) is 28.8 Å². The van der Waals surface area contributed by atoms with E-state index >= 15 is 0 Å². The molecule has 1 heterocycles. The maximum atomic E-state index is 6.42. The highest BCUT2D eigenvalue weighted by molar-refractivity contribution is 6.32. The molecule has 1 fully saturated rings. The van der Waals surface area contributed by atoms with Crippen molar-refractivity contribution in [2.75, 3.05) is 20.6 Å². The number of nitrogens with zero attached hydrogens (tertiary/aromatic N) is 1. The minimum Gasteiger partial charge on any atom is -0.485 e. The van der Waals surface area contributed by atoms with Crippen LogP contribution in [0.1, 0.15) is 31.2 Å². The Bertz CT molecular complexity index is 474. The van der Waals surface area contributed by atoms with Gasteiger partial charge in [0, 0.05) is 18.9 Å². The Kier molecular flexibility index (Phi) is 3.48. The van der Waals surface area contributed by atoms with Crippen LogP contribution >= 0.6 is 11.6 Å². The minimum absolute atomic E-state index is 0.00412. The SMILES string of the molecule is CN(C)CC1CCCCC12Cc1cccc(Cl)c1O2. The number of hydrogen-bond acceptors (Lipinski definition) is 2. The first-order chi connectivity index (χ1) is 9.11. The second-order valence-electron chi connectivity index (χ2n) is 6.28. The molecule has 0 aromatic heterocycles. The zero-order chi connectivity index (χ0) is 13.5. The van der Waals surface area contributed by atoms with Crippen molar-refractivity contribution in [3.63, 3.8) is 0 Å². The number of fused-ring (bicyclic) bond motifs is 1. The molecule has 1 saturated carbocycles. The van der Waals surface area contributed by atoms with Crippen molar-refractivity contribution in [1.29, 1.82) is 0 Å². The lowest BCUT2D eigenvalue weighted by Gasteiger charge is -2.42. The van der Waals surface area contributed by atoms with Crippen LogP contribution in [0.5, 0.6) is 5.75 Å². The van der Waals surface area contributed by atoms with Crippen LogP contribution in [0.25, 0.3) is 0 Å². The number of ether oxygens (including phenoxy) is 1. The van der Waals surface area contributed by atoms with Crippen molar-refractivity contribution >= 4 is 11.6 Å². The van der Waals surface area contributed by atoms with Crippen LogP contribution in [0.2, 0.25) is 5.02 Å². The van der Waals surface area contributed by atoms with E-state index in [4.69, 9.17) is 16.3 Å². The second kappa shape index (κ2) is 4.99. The largest absolute Gasteiger partial charge is 0.485 e. The molecule has 1 aromatic rings. The predicted molar refractivity (Wildman–Crippen MR) is 79.0 cm³/mol. The van der Waals surface area contributed by atoms with E-state index in [1.54, 1.807) is 0 Å². The molecule has 2 aliphatic rings. The molecule has 2 unspecified atom stereocenters. The Morgan fingerprint density at radius 3 is 2.95 bits per heavy atom. The summed E-state index contributed by atoms with van der Waals surface area (Å²) in [6.45, 7) is 1.10. The molecular formula is C16H22ClNO. The molecule has 2 atom stereocenters. The molecule has 104 valence electrons. The van der Waals surface area contributed by atoms with Crippen molar-refractivity contribution < 1.29 is 4.74 Å². The molecule has 0 radical (unpaired) electrons. The van der Waals surface area contributed by atoms with Gasteiger partial charge in [0.15, 0.2) is 0 Å². The molecule has 3 heteroatoms. The normalized spacial score (nSPS) is 29.6. The number of para-hydroxylation sites is 1. The van der Waals surface area contributed by atoms with Gasteiger partial charge in [-0.15, -0.1) is 0 Å². The molecule has 0 amide bonds. The molecule has 0 N–H and O–H groups in total. The van der Waals surface area contributed by atoms with Gasteiger partial charge in [0.1, 0.15) is 11.4 Å². The Morgan fingerprint density at radius 1 is 1.37 bits per heavy atom. The summed E-state index contributed by atoms with van der Waals surface area (Å²) in [6.07, 6.45) is 6.06. The minimum atomic E-state index is -0.00412. The average molecular weight is 280 g/mol. The lowest BCUT2D eigenvalue weighted by Crippen LogP contribution is -2.48. The van der Waals surface area contributed by atoms with E-state index < -0.39 is 0 Å². The highest BCUT2D eigenvalue weighted by atomic mass is 35.5. The summed E-state index contributed by atoms with van der Waals surface area (Å²) in [5, 5.41) is 0.767. The quantitative estimate of drug-likeness (QED) is 0.817. The van der Waals surface area contributed by atoms with E-state index in [0.717, 1.165) is 30.2 Å². The summed E-state index contributed by atoms with van der Waals surface area (Å²) in [4.78, 5) is 2.28. The van der Waals surface area contributed by atoms with Crippen LogP contribution < -0.4 is 4.74 Å². The van der Waals surface area contributed by atoms with Crippen LogP contribution in [0.3, 0.4) is 0 Å². The molecule has 1 aliphatic carbocycles. The molecule has 2 nitrogen and oxygen atoms in total. The predicted octanol–water partition coefficient (Wildman–Crippen LogP) is 3.77. The van der Waals surface area contributed by atoms with Crippen LogP contribution in [-0.4, -0.2) is 31.1 Å². The maximum absolute atomic E-state index is 6.42. The molecule has 3 rings (SSSR count). The van der Waals surface area contributed by atoms with Crippen molar-refractivity contribution in [3.8, 4) is 5.75 Å². The van der Waals surface area contributed by atoms with Gasteiger partial charge >= 0.3 is 0 Å². The van der Waals surface area contributed by atoms with E-state index in [1.165, 1.54) is 24.8 Å². The second-order valence-corrected chi connectivity index (χ2v) is 6.68. The Morgan fingerprint density at radius 2 is 2.21 bits per heavy atom. The Labute approximate surface area is 120 Å². The summed E-state index contributed by atoms with van der Waals surface area (Å²) < 4.78 is 6.42. The van der Waals surface area contributed by atoms with Crippen LogP contribution in [0.4, 0.5) is 0 Å². The van der Waals surface area contributed by atoms with Crippen molar-refractivity contribution in [1.82, 2.24) is 4.90 Å². The highest BCUT2D eigenvalue weighted by Crippen LogP contribution is 2.48. The number of rotatable bonds is 2. The zero-order valence-corrected chi connectivity index (χ0v) is 12.5. The summed E-state index contributed by atoms with van der Waals surface area (Å²) in [5.41, 5.74) is 1.29. The van der Waals surface area contributed by atoms with Gasteiger partial charge in [0.25, 0.3) is 0 Å². The van der Waals surface area contributed by atoms with E-state index in [1.807, 2.05) is 12.1 Å². The van der Waals surface area contributed by atoms with Crippen LogP contribution in [0, 0.1) is 5.92 Å². The standard InChI is InChI=1S/C16H22ClNO/c1-18(2)11-13-7-3-4-9-16(13)10-12-6-5-8-14(17)15(12)19-16/h5-6,8,13H,3-4,7,9-11H2,1-2H3. The van der Waals surface area contributed by atoms with Gasteiger partial charge < -0.3 is 9.64 Å². The van der Waals surface area contributed by atoms with E-state index in [-0.39, 0.29) is 5.60 Å². The van der Waals surface area contributed by atoms with Gasteiger partial charge in [-0.2, -0.15) is 0 Å². The summed E-state index contributed by atoms with van der Waals surface area (Å²) in [5.74, 6) is 1.55. The van der Waals surface area contributed by atoms with Crippen LogP contribution in [-0.2, 0) is 6.42 Å². The third-order valence-corrected chi connectivity index (χ3v) is 4.87. The summed E-state index contributed by atoms with van der Waals surface area (Å²) >= 11 is 6.29. The lowest BCUT2D eigenvalue weighted by atomic mass is 9.73. The fraction of sp³-hybridized carbons (Fsp3) is 0.625. The number of hydrogen-bond donors (Lipinski definition) is 0. The average Bonchev–Trinajstić information content (AvgIpc) is 2.73. The van der Waals surface area contributed by atoms with Gasteiger partial charge in [0.05, 0.1) is 5.02 Å². The first-order valence-electron chi connectivity index (χ1n) is 7.22. The molecule has 1 aliphatic heterocycles. The highest BCUT2D eigenvalue weighted by Gasteiger charge is 2.47. The summed E-state index contributed by atoms with van der Waals surface area (Å²) in [7, 11) is 4.30. The van der Waals surface area contributed by atoms with Gasteiger partial charge in [-0.05, 0) is 45.0 Å². The van der Waals surface area contributed by atoms with Crippen LogP contribution in [0.15, 0.2) is 18.2 Å².